The third-order valence-corrected chi connectivity index (χ3v) is 8.64. The molecule has 4 bridgehead atoms. The molecule has 0 radical (unpaired) electrons. The van der Waals surface area contributed by atoms with Gasteiger partial charge in [-0.05, 0) is 105 Å². The second-order valence-corrected chi connectivity index (χ2v) is 11.1. The number of benzene rings is 2. The van der Waals surface area contributed by atoms with Crippen molar-refractivity contribution in [2.75, 3.05) is 7.11 Å². The summed E-state index contributed by atoms with van der Waals surface area (Å²) in [5, 5.41) is 29.7. The van der Waals surface area contributed by atoms with Crippen LogP contribution in [0.15, 0.2) is 30.3 Å². The van der Waals surface area contributed by atoms with Crippen molar-refractivity contribution in [1.29, 1.82) is 0 Å². The number of unbranched alkanes of at least 4 members (excludes halogenated alkanes) is 2. The van der Waals surface area contributed by atoms with Gasteiger partial charge in [0.2, 0.25) is 0 Å². The number of hydrogen-bond acceptors (Lipinski definition) is 5. The molecule has 5 nitrogen and oxygen atoms in total. The number of aromatic hydroxyl groups is 3. The molecular weight excluding hydrogens is 428 g/mol. The largest absolute Gasteiger partial charge is 0.507 e. The minimum atomic E-state index is -0.110. The average molecular weight is 465 g/mol. The lowest BCUT2D eigenvalue weighted by atomic mass is 9.48. The number of ether oxygens (including phenoxy) is 1. The van der Waals surface area contributed by atoms with Gasteiger partial charge in [0.25, 0.3) is 0 Å². The highest BCUT2D eigenvalue weighted by Crippen LogP contribution is 2.62. The van der Waals surface area contributed by atoms with Crippen molar-refractivity contribution in [1.82, 2.24) is 0 Å². The molecule has 34 heavy (non-hydrogen) atoms. The number of Topliss-reactive ketones (excluding diaryl/α,β-unsaturated/α-hetero) is 1. The Labute approximate surface area is 201 Å². The Bertz CT molecular complexity index is 1040. The molecule has 0 unspecified atom stereocenters. The predicted octanol–water partition coefficient (Wildman–Crippen LogP) is 6.27. The summed E-state index contributed by atoms with van der Waals surface area (Å²) in [6.07, 6.45) is 11.3. The van der Waals surface area contributed by atoms with Crippen molar-refractivity contribution >= 4 is 5.78 Å². The van der Waals surface area contributed by atoms with E-state index in [1.165, 1.54) is 44.6 Å². The average Bonchev–Trinajstić information content (AvgIpc) is 2.79. The summed E-state index contributed by atoms with van der Waals surface area (Å²) in [7, 11) is 1.66. The second kappa shape index (κ2) is 9.16. The van der Waals surface area contributed by atoms with Gasteiger partial charge in [0, 0.05) is 18.1 Å². The molecule has 5 heteroatoms. The second-order valence-electron chi connectivity index (χ2n) is 11.1. The SMILES string of the molecule is COc1cc(O)c(C(=O)CCCCCc2ccc(O)c(O)c2)cc1C12CC3CC(CC(C3)C1)C2. The molecule has 0 aliphatic heterocycles. The topological polar surface area (TPSA) is 87.0 Å². The van der Waals surface area contributed by atoms with Gasteiger partial charge < -0.3 is 20.1 Å². The summed E-state index contributed by atoms with van der Waals surface area (Å²) in [6, 6.07) is 8.52. The van der Waals surface area contributed by atoms with E-state index >= 15 is 0 Å². The molecule has 0 amide bonds. The molecule has 4 aliphatic rings. The van der Waals surface area contributed by atoms with Crippen molar-refractivity contribution in [3.05, 3.63) is 47.0 Å². The molecule has 0 heterocycles. The highest BCUT2D eigenvalue weighted by atomic mass is 16.5. The standard InChI is InChI=1S/C29H36O5/c1-34-28-14-26(32)22(13-23(28)29-15-19-9-20(16-29)11-21(10-19)17-29)24(30)6-4-2-3-5-18-7-8-25(31)27(33)12-18/h7-8,12-14,19-21,31-33H,2-6,9-11,15-17H2,1H3. The van der Waals surface area contributed by atoms with Gasteiger partial charge in [0.05, 0.1) is 12.7 Å². The molecule has 3 N–H and O–H groups in total. The van der Waals surface area contributed by atoms with Crippen LogP contribution in [0.5, 0.6) is 23.0 Å². The molecule has 2 aromatic rings. The normalized spacial score (nSPS) is 27.1. The Morgan fingerprint density at radius 1 is 0.882 bits per heavy atom. The zero-order valence-electron chi connectivity index (χ0n) is 20.1. The monoisotopic (exact) mass is 464 g/mol. The molecule has 4 saturated carbocycles. The Balaban J connectivity index is 1.24. The lowest BCUT2D eigenvalue weighted by Gasteiger charge is -2.57. The van der Waals surface area contributed by atoms with Crippen molar-refractivity contribution in [2.45, 2.75) is 76.0 Å². The van der Waals surface area contributed by atoms with E-state index in [0.717, 1.165) is 60.3 Å². The third-order valence-electron chi connectivity index (χ3n) is 8.64. The van der Waals surface area contributed by atoms with Crippen LogP contribution in [-0.4, -0.2) is 28.2 Å². The first kappa shape index (κ1) is 23.1. The Kier molecular flexibility index (Phi) is 6.22. The molecule has 2 aromatic carbocycles. The van der Waals surface area contributed by atoms with E-state index < -0.39 is 0 Å². The number of ketones is 1. The predicted molar refractivity (Wildman–Crippen MR) is 131 cm³/mol. The summed E-state index contributed by atoms with van der Waals surface area (Å²) in [5.41, 5.74) is 2.64. The molecule has 6 rings (SSSR count). The van der Waals surface area contributed by atoms with E-state index in [-0.39, 0.29) is 28.4 Å². The highest BCUT2D eigenvalue weighted by molar-refractivity contribution is 5.99. The van der Waals surface area contributed by atoms with Crippen molar-refractivity contribution in [2.24, 2.45) is 17.8 Å². The molecular formula is C29H36O5. The van der Waals surface area contributed by atoms with Gasteiger partial charge in [-0.15, -0.1) is 0 Å². The molecule has 4 aliphatic carbocycles. The number of carbonyl (C=O) groups excluding carboxylic acids is 1. The number of hydrogen-bond donors (Lipinski definition) is 3. The van der Waals surface area contributed by atoms with Gasteiger partial charge in [0.15, 0.2) is 17.3 Å². The summed E-state index contributed by atoms with van der Waals surface area (Å²) < 4.78 is 5.72. The number of aryl methyl sites for hydroxylation is 1. The van der Waals surface area contributed by atoms with Gasteiger partial charge in [0.1, 0.15) is 11.5 Å². The van der Waals surface area contributed by atoms with Crippen LogP contribution >= 0.6 is 0 Å². The van der Waals surface area contributed by atoms with E-state index in [4.69, 9.17) is 4.74 Å². The first-order chi connectivity index (χ1) is 16.4. The molecule has 0 aromatic heterocycles. The van der Waals surface area contributed by atoms with Crippen LogP contribution in [0.4, 0.5) is 0 Å². The van der Waals surface area contributed by atoms with Gasteiger partial charge >= 0.3 is 0 Å². The number of phenols is 3. The maximum Gasteiger partial charge on any atom is 0.166 e. The van der Waals surface area contributed by atoms with E-state index in [1.54, 1.807) is 19.2 Å². The van der Waals surface area contributed by atoms with Crippen LogP contribution in [0.3, 0.4) is 0 Å². The third kappa shape index (κ3) is 4.37. The lowest BCUT2D eigenvalue weighted by molar-refractivity contribution is -0.00619. The first-order valence-corrected chi connectivity index (χ1v) is 12.8. The summed E-state index contributed by atoms with van der Waals surface area (Å²) in [4.78, 5) is 13.1. The summed E-state index contributed by atoms with van der Waals surface area (Å²) in [5.74, 6) is 2.91. The van der Waals surface area contributed by atoms with E-state index in [0.29, 0.717) is 12.0 Å². The minimum absolute atomic E-state index is 0.00610. The van der Waals surface area contributed by atoms with Crippen LogP contribution in [0.2, 0.25) is 0 Å². The Morgan fingerprint density at radius 3 is 2.18 bits per heavy atom. The van der Waals surface area contributed by atoms with Gasteiger partial charge in [-0.2, -0.15) is 0 Å². The number of rotatable bonds is 9. The minimum Gasteiger partial charge on any atom is -0.507 e. The fraction of sp³-hybridized carbons (Fsp3) is 0.552. The fourth-order valence-electron chi connectivity index (χ4n) is 7.47. The number of phenolic OH excluding ortho intramolecular Hbond substituents is 3. The smallest absolute Gasteiger partial charge is 0.166 e. The number of carbonyl (C=O) groups is 1. The van der Waals surface area contributed by atoms with Gasteiger partial charge in [-0.25, -0.2) is 0 Å². The fourth-order valence-corrected chi connectivity index (χ4v) is 7.47. The molecule has 4 fully saturated rings. The van der Waals surface area contributed by atoms with E-state index in [9.17, 15) is 20.1 Å². The maximum absolute atomic E-state index is 13.1. The van der Waals surface area contributed by atoms with Crippen LogP contribution in [-0.2, 0) is 11.8 Å². The summed E-state index contributed by atoms with van der Waals surface area (Å²) in [6.45, 7) is 0. The van der Waals surface area contributed by atoms with Crippen molar-refractivity contribution < 1.29 is 24.9 Å². The molecule has 0 atom stereocenters. The highest BCUT2D eigenvalue weighted by Gasteiger charge is 2.52. The molecule has 182 valence electrons. The van der Waals surface area contributed by atoms with Gasteiger partial charge in [-0.3, -0.25) is 4.79 Å². The van der Waals surface area contributed by atoms with E-state index in [2.05, 4.69) is 0 Å². The zero-order valence-corrected chi connectivity index (χ0v) is 20.1. The molecule has 0 saturated heterocycles. The quantitative estimate of drug-likeness (QED) is 0.231. The number of methoxy groups -OCH3 is 1. The Hall–Kier alpha value is -2.69. The van der Waals surface area contributed by atoms with Crippen LogP contribution in [0.1, 0.15) is 85.7 Å². The van der Waals surface area contributed by atoms with Crippen molar-refractivity contribution in [3.63, 3.8) is 0 Å². The van der Waals surface area contributed by atoms with Crippen LogP contribution < -0.4 is 4.74 Å². The summed E-state index contributed by atoms with van der Waals surface area (Å²) >= 11 is 0. The van der Waals surface area contributed by atoms with Crippen LogP contribution in [0, 0.1) is 17.8 Å². The lowest BCUT2D eigenvalue weighted by Crippen LogP contribution is -2.48. The van der Waals surface area contributed by atoms with E-state index in [1.807, 2.05) is 12.1 Å². The maximum atomic E-state index is 13.1. The zero-order chi connectivity index (χ0) is 23.9. The Morgan fingerprint density at radius 2 is 1.56 bits per heavy atom. The van der Waals surface area contributed by atoms with Crippen molar-refractivity contribution in [3.8, 4) is 23.0 Å². The van der Waals surface area contributed by atoms with Gasteiger partial charge in [-0.1, -0.05) is 12.5 Å². The first-order valence-electron chi connectivity index (χ1n) is 12.8. The molecule has 0 spiro atoms. The van der Waals surface area contributed by atoms with Crippen LogP contribution in [0.25, 0.3) is 0 Å².